The van der Waals surface area contributed by atoms with Crippen LogP contribution in [0.15, 0.2) is 52.3 Å². The summed E-state index contributed by atoms with van der Waals surface area (Å²) in [5, 5.41) is 3.69. The first kappa shape index (κ1) is 20.0. The van der Waals surface area contributed by atoms with E-state index in [1.54, 1.807) is 22.9 Å². The van der Waals surface area contributed by atoms with E-state index in [-0.39, 0.29) is 11.8 Å². The van der Waals surface area contributed by atoms with Gasteiger partial charge in [0, 0.05) is 48.2 Å². The number of fused-ring (bicyclic) bond motifs is 1. The summed E-state index contributed by atoms with van der Waals surface area (Å²) in [6.45, 7) is 0.730. The van der Waals surface area contributed by atoms with Crippen molar-refractivity contribution >= 4 is 34.5 Å². The van der Waals surface area contributed by atoms with Crippen molar-refractivity contribution in [2.75, 3.05) is 18.2 Å². The van der Waals surface area contributed by atoms with Crippen LogP contribution in [0, 0.1) is 0 Å². The van der Waals surface area contributed by atoms with E-state index in [4.69, 9.17) is 0 Å². The number of hydrogen-bond donors (Lipinski definition) is 3. The number of nitrogens with zero attached hydrogens (tertiary/aromatic N) is 2. The Bertz CT molecular complexity index is 1200. The Kier molecular flexibility index (Phi) is 5.75. The SMILES string of the molecule is O=C(NCCCn1ccc(=O)[nH]c1=O)[C@@H]1CSCN1C(=O)c1c[nH]c2ccccc12. The molecule has 0 unspecified atom stereocenters. The molecular formula is C20H21N5O4S. The lowest BCUT2D eigenvalue weighted by Crippen LogP contribution is -2.47. The molecule has 10 heteroatoms. The Hall–Kier alpha value is -3.27. The molecular weight excluding hydrogens is 406 g/mol. The van der Waals surface area contributed by atoms with E-state index in [2.05, 4.69) is 15.3 Å². The third-order valence-electron chi connectivity index (χ3n) is 5.04. The molecule has 2 amide bonds. The zero-order valence-electron chi connectivity index (χ0n) is 16.1. The van der Waals surface area contributed by atoms with E-state index < -0.39 is 17.3 Å². The molecule has 0 spiro atoms. The molecule has 3 aromatic rings. The molecule has 1 aliphatic heterocycles. The number of amides is 2. The molecule has 1 fully saturated rings. The zero-order chi connectivity index (χ0) is 21.1. The van der Waals surface area contributed by atoms with Crippen LogP contribution in [0.1, 0.15) is 16.8 Å². The summed E-state index contributed by atoms with van der Waals surface area (Å²) in [7, 11) is 0. The fraction of sp³-hybridized carbons (Fsp3) is 0.300. The lowest BCUT2D eigenvalue weighted by atomic mass is 10.1. The molecule has 1 atom stereocenters. The highest BCUT2D eigenvalue weighted by atomic mass is 32.2. The van der Waals surface area contributed by atoms with Crippen LogP contribution >= 0.6 is 11.8 Å². The van der Waals surface area contributed by atoms with Crippen molar-refractivity contribution in [2.45, 2.75) is 19.0 Å². The van der Waals surface area contributed by atoms with Crippen LogP contribution in [0.4, 0.5) is 0 Å². The highest BCUT2D eigenvalue weighted by Crippen LogP contribution is 2.26. The number of thioether (sulfide) groups is 1. The van der Waals surface area contributed by atoms with Gasteiger partial charge in [-0.3, -0.25) is 19.4 Å². The van der Waals surface area contributed by atoms with Gasteiger partial charge in [-0.25, -0.2) is 4.79 Å². The summed E-state index contributed by atoms with van der Waals surface area (Å²) in [6, 6.07) is 8.31. The Labute approximate surface area is 175 Å². The molecule has 4 rings (SSSR count). The number of carbonyl (C=O) groups is 2. The molecule has 9 nitrogen and oxygen atoms in total. The second-order valence-corrected chi connectivity index (χ2v) is 7.99. The Balaban J connectivity index is 1.36. The number of para-hydroxylation sites is 1. The van der Waals surface area contributed by atoms with Gasteiger partial charge in [0.15, 0.2) is 0 Å². The van der Waals surface area contributed by atoms with Gasteiger partial charge in [0.2, 0.25) is 5.91 Å². The number of H-pyrrole nitrogens is 2. The molecule has 1 aromatic carbocycles. The average Bonchev–Trinajstić information content (AvgIpc) is 3.39. The van der Waals surface area contributed by atoms with Crippen molar-refractivity contribution < 1.29 is 9.59 Å². The molecule has 0 aliphatic carbocycles. The summed E-state index contributed by atoms with van der Waals surface area (Å²) in [4.78, 5) is 55.4. The number of aromatic nitrogens is 3. The molecule has 2 aromatic heterocycles. The number of carbonyl (C=O) groups excluding carboxylic acids is 2. The quantitative estimate of drug-likeness (QED) is 0.501. The van der Waals surface area contributed by atoms with Gasteiger partial charge in [-0.2, -0.15) is 0 Å². The van der Waals surface area contributed by atoms with Crippen molar-refractivity contribution in [3.63, 3.8) is 0 Å². The fourth-order valence-corrected chi connectivity index (χ4v) is 4.62. The van der Waals surface area contributed by atoms with Crippen LogP contribution in [0.3, 0.4) is 0 Å². The predicted octanol–water partition coefficient (Wildman–Crippen LogP) is 0.740. The first-order valence-electron chi connectivity index (χ1n) is 9.57. The smallest absolute Gasteiger partial charge is 0.328 e. The molecule has 0 saturated carbocycles. The highest BCUT2D eigenvalue weighted by molar-refractivity contribution is 7.99. The molecule has 3 heterocycles. The van der Waals surface area contributed by atoms with E-state index in [1.807, 2.05) is 24.3 Å². The topological polar surface area (TPSA) is 120 Å². The number of benzene rings is 1. The van der Waals surface area contributed by atoms with Crippen LogP contribution in [0.2, 0.25) is 0 Å². The summed E-state index contributed by atoms with van der Waals surface area (Å²) in [6.07, 6.45) is 3.64. The summed E-state index contributed by atoms with van der Waals surface area (Å²) in [5.74, 6) is 0.627. The molecule has 0 bridgehead atoms. The highest BCUT2D eigenvalue weighted by Gasteiger charge is 2.35. The van der Waals surface area contributed by atoms with Crippen molar-refractivity contribution in [1.82, 2.24) is 24.8 Å². The minimum atomic E-state index is -0.535. The third-order valence-corrected chi connectivity index (χ3v) is 6.05. The fourth-order valence-electron chi connectivity index (χ4n) is 3.46. The Morgan fingerprint density at radius 2 is 2.03 bits per heavy atom. The standard InChI is InChI=1S/C20H21N5O4S/c26-17-6-9-24(20(29)23-17)8-3-7-21-18(27)16-11-30-12-25(16)19(28)14-10-22-15-5-2-1-4-13(14)15/h1-2,4-6,9-10,16,22H,3,7-8,11-12H2,(H,21,27)(H,23,26,29)/t16-/m0/s1. The lowest BCUT2D eigenvalue weighted by Gasteiger charge is -2.23. The van der Waals surface area contributed by atoms with Gasteiger partial charge >= 0.3 is 5.69 Å². The van der Waals surface area contributed by atoms with Gasteiger partial charge < -0.3 is 19.8 Å². The van der Waals surface area contributed by atoms with E-state index in [0.29, 0.717) is 36.7 Å². The van der Waals surface area contributed by atoms with Gasteiger partial charge in [0.25, 0.3) is 11.5 Å². The van der Waals surface area contributed by atoms with Crippen LogP contribution in [-0.4, -0.2) is 55.5 Å². The maximum Gasteiger partial charge on any atom is 0.328 e. The van der Waals surface area contributed by atoms with Crippen LogP contribution < -0.4 is 16.6 Å². The van der Waals surface area contributed by atoms with Crippen molar-refractivity contribution in [1.29, 1.82) is 0 Å². The van der Waals surface area contributed by atoms with Gasteiger partial charge in [-0.15, -0.1) is 11.8 Å². The van der Waals surface area contributed by atoms with Gasteiger partial charge in [-0.05, 0) is 12.5 Å². The van der Waals surface area contributed by atoms with E-state index >= 15 is 0 Å². The number of aryl methyl sites for hydroxylation is 1. The van der Waals surface area contributed by atoms with Crippen LogP contribution in [-0.2, 0) is 11.3 Å². The van der Waals surface area contributed by atoms with E-state index in [1.165, 1.54) is 16.8 Å². The monoisotopic (exact) mass is 427 g/mol. The molecule has 156 valence electrons. The minimum Gasteiger partial charge on any atom is -0.360 e. The van der Waals surface area contributed by atoms with Crippen molar-refractivity contribution in [3.05, 3.63) is 69.1 Å². The molecule has 1 saturated heterocycles. The summed E-state index contributed by atoms with van der Waals surface area (Å²) >= 11 is 1.54. The number of hydrogen-bond acceptors (Lipinski definition) is 5. The molecule has 3 N–H and O–H groups in total. The van der Waals surface area contributed by atoms with Crippen molar-refractivity contribution in [2.24, 2.45) is 0 Å². The number of rotatable bonds is 6. The van der Waals surface area contributed by atoms with Gasteiger partial charge in [-0.1, -0.05) is 18.2 Å². The largest absolute Gasteiger partial charge is 0.360 e. The second kappa shape index (κ2) is 8.62. The molecule has 30 heavy (non-hydrogen) atoms. The van der Waals surface area contributed by atoms with Crippen LogP contribution in [0.25, 0.3) is 10.9 Å². The average molecular weight is 427 g/mol. The zero-order valence-corrected chi connectivity index (χ0v) is 16.9. The Morgan fingerprint density at radius 1 is 1.20 bits per heavy atom. The Morgan fingerprint density at radius 3 is 2.87 bits per heavy atom. The predicted molar refractivity (Wildman–Crippen MR) is 115 cm³/mol. The summed E-state index contributed by atoms with van der Waals surface area (Å²) in [5.41, 5.74) is 0.523. The molecule has 1 aliphatic rings. The van der Waals surface area contributed by atoms with Crippen molar-refractivity contribution in [3.8, 4) is 0 Å². The van der Waals surface area contributed by atoms with E-state index in [9.17, 15) is 19.2 Å². The van der Waals surface area contributed by atoms with E-state index in [0.717, 1.165) is 10.9 Å². The molecule has 0 radical (unpaired) electrons. The first-order valence-corrected chi connectivity index (χ1v) is 10.7. The normalized spacial score (nSPS) is 16.1. The van der Waals surface area contributed by atoms with Crippen LogP contribution in [0.5, 0.6) is 0 Å². The maximum absolute atomic E-state index is 13.1. The lowest BCUT2D eigenvalue weighted by molar-refractivity contribution is -0.124. The number of nitrogens with one attached hydrogen (secondary N) is 3. The second-order valence-electron chi connectivity index (χ2n) is 6.99. The minimum absolute atomic E-state index is 0.169. The third kappa shape index (κ3) is 4.04. The van der Waals surface area contributed by atoms with Gasteiger partial charge in [0.1, 0.15) is 6.04 Å². The maximum atomic E-state index is 13.1. The van der Waals surface area contributed by atoms with Gasteiger partial charge in [0.05, 0.1) is 11.4 Å². The number of aromatic amines is 2. The summed E-state index contributed by atoms with van der Waals surface area (Å²) < 4.78 is 1.38. The first-order chi connectivity index (χ1) is 14.5.